The van der Waals surface area contributed by atoms with Crippen LogP contribution < -0.4 is 15.4 Å². The Bertz CT molecular complexity index is 445. The first kappa shape index (κ1) is 15.6. The maximum Gasteiger partial charge on any atom is 0.221 e. The minimum absolute atomic E-state index is 0.0480. The zero-order chi connectivity index (χ0) is 14.9. The predicted molar refractivity (Wildman–Crippen MR) is 82.7 cm³/mol. The van der Waals surface area contributed by atoms with Gasteiger partial charge in [-0.1, -0.05) is 12.1 Å². The molecule has 1 saturated heterocycles. The van der Waals surface area contributed by atoms with E-state index in [1.165, 1.54) is 0 Å². The molecule has 1 aromatic rings. The Labute approximate surface area is 126 Å². The molecule has 0 saturated carbocycles. The molecule has 0 radical (unpaired) electrons. The lowest BCUT2D eigenvalue weighted by Gasteiger charge is -2.13. The Kier molecular flexibility index (Phi) is 6.34. The van der Waals surface area contributed by atoms with Gasteiger partial charge in [0.05, 0.1) is 18.4 Å². The first-order valence-electron chi connectivity index (χ1n) is 7.63. The molecule has 1 aliphatic heterocycles. The summed E-state index contributed by atoms with van der Waals surface area (Å²) in [4.78, 5) is 11.8. The number of nitrogens with one attached hydrogen (secondary N) is 2. The molecule has 2 N–H and O–H groups in total. The monoisotopic (exact) mass is 292 g/mol. The molecular weight excluding hydrogens is 268 g/mol. The number of rotatable bonds is 8. The van der Waals surface area contributed by atoms with Crippen LogP contribution in [0, 0.1) is 0 Å². The number of hydrogen-bond donors (Lipinski definition) is 2. The summed E-state index contributed by atoms with van der Waals surface area (Å²) in [5, 5.41) is 6.16. The lowest BCUT2D eigenvalue weighted by atomic mass is 10.2. The van der Waals surface area contributed by atoms with Gasteiger partial charge in [0, 0.05) is 26.1 Å². The molecule has 1 aromatic carbocycles. The SMILES string of the molecule is CCOc1ccccc1NCCC(=O)NCC1CCCO1. The molecule has 0 aromatic heterocycles. The Balaban J connectivity index is 1.67. The molecule has 21 heavy (non-hydrogen) atoms. The van der Waals surface area contributed by atoms with E-state index in [1.807, 2.05) is 31.2 Å². The van der Waals surface area contributed by atoms with Gasteiger partial charge in [0.25, 0.3) is 0 Å². The second-order valence-electron chi connectivity index (χ2n) is 5.05. The topological polar surface area (TPSA) is 59.6 Å². The highest BCUT2D eigenvalue weighted by Crippen LogP contribution is 2.23. The molecule has 1 atom stereocenters. The number of hydrogen-bond acceptors (Lipinski definition) is 4. The Morgan fingerprint density at radius 3 is 3.05 bits per heavy atom. The quantitative estimate of drug-likeness (QED) is 0.771. The highest BCUT2D eigenvalue weighted by molar-refractivity contribution is 5.76. The van der Waals surface area contributed by atoms with Crippen LogP contribution in [0.1, 0.15) is 26.2 Å². The van der Waals surface area contributed by atoms with Crippen molar-refractivity contribution in [3.63, 3.8) is 0 Å². The Morgan fingerprint density at radius 2 is 2.29 bits per heavy atom. The molecule has 1 heterocycles. The third-order valence-corrected chi connectivity index (χ3v) is 3.41. The highest BCUT2D eigenvalue weighted by Gasteiger charge is 2.15. The van der Waals surface area contributed by atoms with Crippen LogP contribution >= 0.6 is 0 Å². The lowest BCUT2D eigenvalue weighted by molar-refractivity contribution is -0.121. The van der Waals surface area contributed by atoms with Crippen LogP contribution in [0.25, 0.3) is 0 Å². The van der Waals surface area contributed by atoms with Crippen molar-refractivity contribution in [3.8, 4) is 5.75 Å². The number of amides is 1. The molecule has 0 bridgehead atoms. The normalized spacial score (nSPS) is 17.5. The fourth-order valence-corrected chi connectivity index (χ4v) is 2.33. The van der Waals surface area contributed by atoms with Crippen LogP contribution in [0.3, 0.4) is 0 Å². The molecule has 1 fully saturated rings. The summed E-state index contributed by atoms with van der Waals surface area (Å²) in [5.41, 5.74) is 0.922. The van der Waals surface area contributed by atoms with E-state index in [1.54, 1.807) is 0 Å². The van der Waals surface area contributed by atoms with Crippen molar-refractivity contribution in [1.82, 2.24) is 5.32 Å². The first-order valence-corrected chi connectivity index (χ1v) is 7.63. The standard InChI is InChI=1S/C16H24N2O3/c1-2-20-15-8-4-3-7-14(15)17-10-9-16(19)18-12-13-6-5-11-21-13/h3-4,7-8,13,17H,2,5-6,9-12H2,1H3,(H,18,19). The summed E-state index contributed by atoms with van der Waals surface area (Å²) in [5.74, 6) is 0.867. The van der Waals surface area contributed by atoms with Crippen LogP contribution in [-0.2, 0) is 9.53 Å². The van der Waals surface area contributed by atoms with E-state index in [0.717, 1.165) is 30.9 Å². The third kappa shape index (κ3) is 5.27. The Morgan fingerprint density at radius 1 is 1.43 bits per heavy atom. The third-order valence-electron chi connectivity index (χ3n) is 3.41. The van der Waals surface area contributed by atoms with Crippen LogP contribution in [0.15, 0.2) is 24.3 Å². The summed E-state index contributed by atoms with van der Waals surface area (Å²) < 4.78 is 11.0. The highest BCUT2D eigenvalue weighted by atomic mass is 16.5. The lowest BCUT2D eigenvalue weighted by Crippen LogP contribution is -2.32. The first-order chi connectivity index (χ1) is 10.3. The number of para-hydroxylation sites is 2. The van der Waals surface area contributed by atoms with Gasteiger partial charge in [-0.2, -0.15) is 0 Å². The minimum atomic E-state index is 0.0480. The van der Waals surface area contributed by atoms with E-state index < -0.39 is 0 Å². The average Bonchev–Trinajstić information content (AvgIpc) is 3.00. The number of benzene rings is 1. The minimum Gasteiger partial charge on any atom is -0.492 e. The van der Waals surface area contributed by atoms with Crippen molar-refractivity contribution in [3.05, 3.63) is 24.3 Å². The predicted octanol–water partition coefficient (Wildman–Crippen LogP) is 2.18. The number of ether oxygens (including phenoxy) is 2. The molecule has 5 heteroatoms. The molecule has 2 rings (SSSR count). The average molecular weight is 292 g/mol. The van der Waals surface area contributed by atoms with Crippen LogP contribution in [0.2, 0.25) is 0 Å². The van der Waals surface area contributed by atoms with Gasteiger partial charge in [-0.25, -0.2) is 0 Å². The van der Waals surface area contributed by atoms with Gasteiger partial charge in [-0.15, -0.1) is 0 Å². The van der Waals surface area contributed by atoms with Gasteiger partial charge in [-0.3, -0.25) is 4.79 Å². The second kappa shape index (κ2) is 8.52. The molecule has 5 nitrogen and oxygen atoms in total. The van der Waals surface area contributed by atoms with E-state index in [4.69, 9.17) is 9.47 Å². The number of carbonyl (C=O) groups is 1. The van der Waals surface area contributed by atoms with Gasteiger partial charge < -0.3 is 20.1 Å². The van der Waals surface area contributed by atoms with Crippen LogP contribution in [-0.4, -0.2) is 38.3 Å². The molecule has 1 aliphatic rings. The zero-order valence-corrected chi connectivity index (χ0v) is 12.6. The maximum atomic E-state index is 11.8. The summed E-state index contributed by atoms with van der Waals surface area (Å²) >= 11 is 0. The molecule has 0 spiro atoms. The van der Waals surface area contributed by atoms with Gasteiger partial charge in [0.15, 0.2) is 0 Å². The van der Waals surface area contributed by atoms with Crippen molar-refractivity contribution in [2.45, 2.75) is 32.3 Å². The summed E-state index contributed by atoms with van der Waals surface area (Å²) in [7, 11) is 0. The van der Waals surface area contributed by atoms with E-state index in [-0.39, 0.29) is 12.0 Å². The molecule has 116 valence electrons. The smallest absolute Gasteiger partial charge is 0.221 e. The van der Waals surface area contributed by atoms with Crippen molar-refractivity contribution < 1.29 is 14.3 Å². The molecule has 0 aliphatic carbocycles. The fraction of sp³-hybridized carbons (Fsp3) is 0.562. The van der Waals surface area contributed by atoms with E-state index in [0.29, 0.717) is 26.1 Å². The van der Waals surface area contributed by atoms with Gasteiger partial charge in [-0.05, 0) is 31.9 Å². The summed E-state index contributed by atoms with van der Waals surface area (Å²) in [6.07, 6.45) is 2.77. The number of anilines is 1. The van der Waals surface area contributed by atoms with E-state index in [9.17, 15) is 4.79 Å². The largest absolute Gasteiger partial charge is 0.492 e. The zero-order valence-electron chi connectivity index (χ0n) is 12.6. The number of carbonyl (C=O) groups excluding carboxylic acids is 1. The van der Waals surface area contributed by atoms with Gasteiger partial charge in [0.1, 0.15) is 5.75 Å². The van der Waals surface area contributed by atoms with Crippen molar-refractivity contribution in [2.75, 3.05) is 31.6 Å². The van der Waals surface area contributed by atoms with Gasteiger partial charge >= 0.3 is 0 Å². The maximum absolute atomic E-state index is 11.8. The molecule has 1 unspecified atom stereocenters. The van der Waals surface area contributed by atoms with E-state index in [2.05, 4.69) is 10.6 Å². The Hall–Kier alpha value is -1.75. The van der Waals surface area contributed by atoms with Crippen LogP contribution in [0.4, 0.5) is 5.69 Å². The van der Waals surface area contributed by atoms with Crippen molar-refractivity contribution in [2.24, 2.45) is 0 Å². The molecular formula is C16H24N2O3. The van der Waals surface area contributed by atoms with E-state index >= 15 is 0 Å². The van der Waals surface area contributed by atoms with Crippen LogP contribution in [0.5, 0.6) is 5.75 Å². The van der Waals surface area contributed by atoms with Gasteiger partial charge in [0.2, 0.25) is 5.91 Å². The van der Waals surface area contributed by atoms with Crippen molar-refractivity contribution >= 4 is 11.6 Å². The second-order valence-corrected chi connectivity index (χ2v) is 5.05. The molecule has 1 amide bonds. The van der Waals surface area contributed by atoms with Crippen molar-refractivity contribution in [1.29, 1.82) is 0 Å². The summed E-state index contributed by atoms with van der Waals surface area (Å²) in [6, 6.07) is 7.76. The fourth-order valence-electron chi connectivity index (χ4n) is 2.33. The summed E-state index contributed by atoms with van der Waals surface area (Å²) in [6.45, 7) is 4.60.